The third kappa shape index (κ3) is 1.92. The van der Waals surface area contributed by atoms with E-state index in [2.05, 4.69) is 103 Å². The molecule has 3 atom stereocenters. The summed E-state index contributed by atoms with van der Waals surface area (Å²) < 4.78 is 0. The molecular formula is C23H21NO. The molecule has 1 saturated heterocycles. The zero-order valence-corrected chi connectivity index (χ0v) is 14.3. The largest absolute Gasteiger partial charge is 0.286 e. The topological polar surface area (TPSA) is 12.5 Å². The van der Waals surface area contributed by atoms with Crippen molar-refractivity contribution in [1.29, 1.82) is 0 Å². The van der Waals surface area contributed by atoms with E-state index in [-0.39, 0.29) is 17.1 Å². The second-order valence-electron chi connectivity index (χ2n) is 7.16. The smallest absolute Gasteiger partial charge is 0.127 e. The number of hydrogen-bond acceptors (Lipinski definition) is 2. The quantitative estimate of drug-likeness (QED) is 0.682. The fourth-order valence-corrected chi connectivity index (χ4v) is 4.87. The minimum Gasteiger partial charge on any atom is -0.286 e. The van der Waals surface area contributed by atoms with Crippen molar-refractivity contribution in [3.05, 3.63) is 108 Å². The molecule has 3 aromatic carbocycles. The predicted octanol–water partition coefficient (Wildman–Crippen LogP) is 4.84. The summed E-state index contributed by atoms with van der Waals surface area (Å²) >= 11 is 0. The first-order valence-corrected chi connectivity index (χ1v) is 8.86. The molecule has 2 aliphatic rings. The normalized spacial score (nSPS) is 30.8. The standard InChI is InChI=1S/C23H21NO/c1-24-21(18-11-5-2-6-12-18)22(19-13-7-3-8-14-19)17-23(22,25-24)20-15-9-4-10-16-20/h2-16,21H,17H2,1H3/t21?,22-,23?/m1/s1. The summed E-state index contributed by atoms with van der Waals surface area (Å²) in [5, 5.41) is 2.07. The summed E-state index contributed by atoms with van der Waals surface area (Å²) in [5.41, 5.74) is 3.61. The molecule has 1 aliphatic carbocycles. The molecule has 124 valence electrons. The van der Waals surface area contributed by atoms with Gasteiger partial charge in [0, 0.05) is 7.05 Å². The van der Waals surface area contributed by atoms with Gasteiger partial charge in [-0.05, 0) is 23.1 Å². The van der Waals surface area contributed by atoms with Crippen LogP contribution in [-0.2, 0) is 15.9 Å². The fourth-order valence-electron chi connectivity index (χ4n) is 4.87. The molecule has 0 amide bonds. The van der Waals surface area contributed by atoms with Gasteiger partial charge in [0.2, 0.25) is 0 Å². The lowest BCUT2D eigenvalue weighted by molar-refractivity contribution is -0.180. The van der Waals surface area contributed by atoms with Crippen LogP contribution in [0.1, 0.15) is 29.2 Å². The predicted molar refractivity (Wildman–Crippen MR) is 98.9 cm³/mol. The van der Waals surface area contributed by atoms with Crippen molar-refractivity contribution in [3.8, 4) is 0 Å². The molecule has 2 heteroatoms. The summed E-state index contributed by atoms with van der Waals surface area (Å²) in [6.45, 7) is 0. The van der Waals surface area contributed by atoms with Gasteiger partial charge in [-0.3, -0.25) is 4.84 Å². The van der Waals surface area contributed by atoms with Crippen molar-refractivity contribution in [2.45, 2.75) is 23.5 Å². The van der Waals surface area contributed by atoms with Crippen LogP contribution in [0.25, 0.3) is 0 Å². The molecule has 0 spiro atoms. The van der Waals surface area contributed by atoms with Crippen LogP contribution < -0.4 is 0 Å². The van der Waals surface area contributed by atoms with E-state index < -0.39 is 0 Å². The Morgan fingerprint density at radius 3 is 1.88 bits per heavy atom. The van der Waals surface area contributed by atoms with Crippen LogP contribution in [-0.4, -0.2) is 12.1 Å². The number of fused-ring (bicyclic) bond motifs is 1. The molecule has 2 fully saturated rings. The molecule has 1 saturated carbocycles. The zero-order chi connectivity index (χ0) is 16.9. The van der Waals surface area contributed by atoms with Crippen LogP contribution in [0.15, 0.2) is 91.0 Å². The SMILES string of the molecule is CN1OC2(c3ccccc3)C[C@@]2(c2ccccc2)C1c1ccccc1. The van der Waals surface area contributed by atoms with Gasteiger partial charge in [-0.25, -0.2) is 0 Å². The third-order valence-corrected chi connectivity index (χ3v) is 5.90. The van der Waals surface area contributed by atoms with Gasteiger partial charge >= 0.3 is 0 Å². The van der Waals surface area contributed by atoms with E-state index in [1.807, 2.05) is 0 Å². The Bertz CT molecular complexity index is 880. The van der Waals surface area contributed by atoms with E-state index in [1.165, 1.54) is 16.7 Å². The Morgan fingerprint density at radius 2 is 1.28 bits per heavy atom. The monoisotopic (exact) mass is 327 g/mol. The zero-order valence-electron chi connectivity index (χ0n) is 14.3. The van der Waals surface area contributed by atoms with E-state index in [4.69, 9.17) is 4.84 Å². The number of nitrogens with zero attached hydrogens (tertiary/aromatic N) is 1. The number of likely N-dealkylation sites (N-methyl/N-ethyl adjacent to an activating group) is 1. The van der Waals surface area contributed by atoms with Crippen LogP contribution in [0.3, 0.4) is 0 Å². The molecule has 0 N–H and O–H groups in total. The van der Waals surface area contributed by atoms with E-state index in [0.29, 0.717) is 0 Å². The van der Waals surface area contributed by atoms with Gasteiger partial charge in [0.15, 0.2) is 0 Å². The Kier molecular flexibility index (Phi) is 3.15. The molecular weight excluding hydrogens is 306 g/mol. The van der Waals surface area contributed by atoms with Gasteiger partial charge in [0.25, 0.3) is 0 Å². The van der Waals surface area contributed by atoms with E-state index >= 15 is 0 Å². The molecule has 0 bridgehead atoms. The van der Waals surface area contributed by atoms with Crippen LogP contribution in [0.5, 0.6) is 0 Å². The summed E-state index contributed by atoms with van der Waals surface area (Å²) in [4.78, 5) is 6.57. The molecule has 2 nitrogen and oxygen atoms in total. The van der Waals surface area contributed by atoms with Crippen molar-refractivity contribution < 1.29 is 4.84 Å². The van der Waals surface area contributed by atoms with Crippen molar-refractivity contribution in [1.82, 2.24) is 5.06 Å². The molecule has 0 radical (unpaired) electrons. The summed E-state index contributed by atoms with van der Waals surface area (Å²) in [6, 6.07) is 32.5. The molecule has 3 aromatic rings. The number of hydroxylamine groups is 2. The molecule has 2 unspecified atom stereocenters. The van der Waals surface area contributed by atoms with Gasteiger partial charge in [0.1, 0.15) is 5.60 Å². The van der Waals surface area contributed by atoms with E-state index in [0.717, 1.165) is 6.42 Å². The van der Waals surface area contributed by atoms with Crippen LogP contribution in [0, 0.1) is 0 Å². The summed E-state index contributed by atoms with van der Waals surface area (Å²) in [6.07, 6.45) is 1.01. The highest BCUT2D eigenvalue weighted by Gasteiger charge is 2.79. The summed E-state index contributed by atoms with van der Waals surface area (Å²) in [5.74, 6) is 0. The van der Waals surface area contributed by atoms with Gasteiger partial charge in [-0.1, -0.05) is 91.0 Å². The van der Waals surface area contributed by atoms with Crippen LogP contribution in [0.4, 0.5) is 0 Å². The van der Waals surface area contributed by atoms with E-state index in [9.17, 15) is 0 Å². The third-order valence-electron chi connectivity index (χ3n) is 5.90. The Balaban J connectivity index is 1.71. The average Bonchev–Trinajstić information content (AvgIpc) is 3.26. The maximum absolute atomic E-state index is 6.57. The van der Waals surface area contributed by atoms with E-state index in [1.54, 1.807) is 0 Å². The number of benzene rings is 3. The minimum absolute atomic E-state index is 0.0499. The number of hydrogen-bond donors (Lipinski definition) is 0. The van der Waals surface area contributed by atoms with Crippen molar-refractivity contribution in [2.75, 3.05) is 7.05 Å². The fraction of sp³-hybridized carbons (Fsp3) is 0.217. The summed E-state index contributed by atoms with van der Waals surface area (Å²) in [7, 11) is 2.07. The van der Waals surface area contributed by atoms with Crippen molar-refractivity contribution >= 4 is 0 Å². The van der Waals surface area contributed by atoms with Gasteiger partial charge < -0.3 is 0 Å². The molecule has 0 aromatic heterocycles. The van der Waals surface area contributed by atoms with Crippen molar-refractivity contribution in [2.24, 2.45) is 0 Å². The maximum atomic E-state index is 6.57. The first-order valence-electron chi connectivity index (χ1n) is 8.86. The number of rotatable bonds is 3. The second-order valence-corrected chi connectivity index (χ2v) is 7.16. The molecule has 25 heavy (non-hydrogen) atoms. The average molecular weight is 327 g/mol. The Hall–Kier alpha value is -2.42. The molecule has 1 aliphatic heterocycles. The lowest BCUT2D eigenvalue weighted by atomic mass is 9.80. The lowest BCUT2D eigenvalue weighted by Crippen LogP contribution is -2.27. The van der Waals surface area contributed by atoms with Gasteiger partial charge in [0.05, 0.1) is 11.5 Å². The lowest BCUT2D eigenvalue weighted by Gasteiger charge is -2.27. The maximum Gasteiger partial charge on any atom is 0.127 e. The Labute approximate surface area is 148 Å². The minimum atomic E-state index is -0.273. The Morgan fingerprint density at radius 1 is 0.760 bits per heavy atom. The highest BCUT2D eigenvalue weighted by Crippen LogP contribution is 2.76. The first-order chi connectivity index (χ1) is 12.3. The first kappa shape index (κ1) is 14.9. The highest BCUT2D eigenvalue weighted by atomic mass is 16.7. The van der Waals surface area contributed by atoms with Crippen LogP contribution >= 0.6 is 0 Å². The van der Waals surface area contributed by atoms with Gasteiger partial charge in [-0.2, -0.15) is 5.06 Å². The highest BCUT2D eigenvalue weighted by molar-refractivity contribution is 5.52. The second kappa shape index (κ2) is 5.29. The van der Waals surface area contributed by atoms with Crippen LogP contribution in [0.2, 0.25) is 0 Å². The van der Waals surface area contributed by atoms with Crippen molar-refractivity contribution in [3.63, 3.8) is 0 Å². The molecule has 1 heterocycles. The van der Waals surface area contributed by atoms with Gasteiger partial charge in [-0.15, -0.1) is 0 Å². The molecule has 5 rings (SSSR count).